The lowest BCUT2D eigenvalue weighted by molar-refractivity contribution is -0.116. The fourth-order valence-electron chi connectivity index (χ4n) is 3.37. The van der Waals surface area contributed by atoms with E-state index in [1.807, 2.05) is 0 Å². The van der Waals surface area contributed by atoms with Gasteiger partial charge < -0.3 is 10.2 Å². The fraction of sp³-hybridized carbons (Fsp3) is 0.211. The number of nitrogens with one attached hydrogen (secondary N) is 2. The highest BCUT2D eigenvalue weighted by molar-refractivity contribution is 6.30. The molecule has 2 aromatic carbocycles. The Labute approximate surface area is 170 Å². The Morgan fingerprint density at radius 3 is 2.79 bits per heavy atom. The minimum absolute atomic E-state index is 0.0272. The van der Waals surface area contributed by atoms with Gasteiger partial charge in [-0.3, -0.25) is 9.59 Å². The number of halogens is 2. The molecule has 8 nitrogen and oxygen atoms in total. The molecule has 0 saturated carbocycles. The summed E-state index contributed by atoms with van der Waals surface area (Å²) in [5.74, 6) is -0.861. The van der Waals surface area contributed by atoms with E-state index in [0.717, 1.165) is 11.3 Å². The third-order valence-corrected chi connectivity index (χ3v) is 5.10. The van der Waals surface area contributed by atoms with Crippen molar-refractivity contribution in [3.05, 3.63) is 69.8 Å². The Kier molecular flexibility index (Phi) is 4.98. The van der Waals surface area contributed by atoms with Crippen LogP contribution in [0.25, 0.3) is 0 Å². The lowest BCUT2D eigenvalue weighted by Gasteiger charge is -2.17. The van der Waals surface area contributed by atoms with E-state index in [1.54, 1.807) is 29.2 Å². The number of H-pyrrole nitrogens is 1. The van der Waals surface area contributed by atoms with Crippen LogP contribution in [0.1, 0.15) is 40.3 Å². The van der Waals surface area contributed by atoms with Crippen LogP contribution in [0.3, 0.4) is 0 Å². The minimum atomic E-state index is -0.824. The Balaban J connectivity index is 1.62. The molecule has 0 aliphatic carbocycles. The van der Waals surface area contributed by atoms with Crippen molar-refractivity contribution >= 4 is 29.1 Å². The highest BCUT2D eigenvalue weighted by Gasteiger charge is 2.26. The van der Waals surface area contributed by atoms with Gasteiger partial charge in [-0.1, -0.05) is 22.9 Å². The van der Waals surface area contributed by atoms with Crippen molar-refractivity contribution in [2.75, 3.05) is 11.4 Å². The van der Waals surface area contributed by atoms with E-state index < -0.39 is 11.9 Å². The lowest BCUT2D eigenvalue weighted by Crippen LogP contribution is -2.30. The van der Waals surface area contributed by atoms with E-state index >= 15 is 0 Å². The molecule has 0 fully saturated rings. The molecule has 0 spiro atoms. The van der Waals surface area contributed by atoms with Crippen molar-refractivity contribution in [2.24, 2.45) is 0 Å². The van der Waals surface area contributed by atoms with Gasteiger partial charge in [0.05, 0.1) is 5.02 Å². The monoisotopic (exact) mass is 414 g/mol. The molecule has 148 valence electrons. The maximum Gasteiger partial charge on any atom is 0.252 e. The standard InChI is InChI=1S/C19H16ClFN6O2/c1-10(28)27-7-6-11-8-13(3-5-16(11)27)19(29)22-17(18-23-25-26-24-18)12-2-4-14(20)15(21)9-12/h2-5,8-9,17H,6-7H2,1H3,(H,22,29)(H,23,24,25,26)/t17-/m1/s1. The maximum atomic E-state index is 14.0. The molecule has 0 saturated heterocycles. The number of amides is 2. The van der Waals surface area contributed by atoms with Gasteiger partial charge in [0.15, 0.2) is 0 Å². The quantitative estimate of drug-likeness (QED) is 0.682. The summed E-state index contributed by atoms with van der Waals surface area (Å²) in [6.45, 7) is 2.10. The minimum Gasteiger partial charge on any atom is -0.338 e. The van der Waals surface area contributed by atoms with Crippen molar-refractivity contribution in [2.45, 2.75) is 19.4 Å². The first-order chi connectivity index (χ1) is 13.9. The highest BCUT2D eigenvalue weighted by Crippen LogP contribution is 2.29. The van der Waals surface area contributed by atoms with Crippen molar-refractivity contribution < 1.29 is 14.0 Å². The molecule has 0 radical (unpaired) electrons. The summed E-state index contributed by atoms with van der Waals surface area (Å²) in [6.07, 6.45) is 0.673. The van der Waals surface area contributed by atoms with Crippen LogP contribution in [0.4, 0.5) is 10.1 Å². The second-order valence-electron chi connectivity index (χ2n) is 6.61. The Hall–Kier alpha value is -3.33. The summed E-state index contributed by atoms with van der Waals surface area (Å²) < 4.78 is 14.0. The van der Waals surface area contributed by atoms with Gasteiger partial charge in [-0.2, -0.15) is 5.21 Å². The number of hydrogen-bond donors (Lipinski definition) is 2. The van der Waals surface area contributed by atoms with E-state index in [0.29, 0.717) is 24.1 Å². The van der Waals surface area contributed by atoms with Gasteiger partial charge >= 0.3 is 0 Å². The van der Waals surface area contributed by atoms with Gasteiger partial charge in [0.2, 0.25) is 11.7 Å². The van der Waals surface area contributed by atoms with Gasteiger partial charge in [0.1, 0.15) is 11.9 Å². The smallest absolute Gasteiger partial charge is 0.252 e. The lowest BCUT2D eigenvalue weighted by atomic mass is 10.0. The number of hydrogen-bond acceptors (Lipinski definition) is 5. The van der Waals surface area contributed by atoms with Crippen molar-refractivity contribution in [1.82, 2.24) is 25.9 Å². The molecule has 2 N–H and O–H groups in total. The van der Waals surface area contributed by atoms with Crippen LogP contribution in [-0.4, -0.2) is 39.0 Å². The number of rotatable bonds is 4. The van der Waals surface area contributed by atoms with Gasteiger partial charge in [0, 0.05) is 24.7 Å². The average molecular weight is 415 g/mol. The van der Waals surface area contributed by atoms with E-state index in [4.69, 9.17) is 11.6 Å². The third-order valence-electron chi connectivity index (χ3n) is 4.79. The molecule has 1 aliphatic heterocycles. The first kappa shape index (κ1) is 19.0. The number of aromatic amines is 1. The Bertz CT molecular complexity index is 1090. The van der Waals surface area contributed by atoms with Crippen LogP contribution in [-0.2, 0) is 11.2 Å². The Morgan fingerprint density at radius 2 is 2.10 bits per heavy atom. The number of tetrazole rings is 1. The van der Waals surface area contributed by atoms with Crippen molar-refractivity contribution in [3.8, 4) is 0 Å². The molecule has 2 heterocycles. The van der Waals surface area contributed by atoms with Crippen LogP contribution in [0.2, 0.25) is 5.02 Å². The zero-order valence-corrected chi connectivity index (χ0v) is 16.1. The average Bonchev–Trinajstić information content (AvgIpc) is 3.37. The summed E-state index contributed by atoms with van der Waals surface area (Å²) in [6, 6.07) is 8.53. The summed E-state index contributed by atoms with van der Waals surface area (Å²) in [7, 11) is 0. The van der Waals surface area contributed by atoms with Crippen LogP contribution in [0, 0.1) is 5.82 Å². The largest absolute Gasteiger partial charge is 0.338 e. The summed E-state index contributed by atoms with van der Waals surface area (Å²) in [5, 5.41) is 16.5. The molecule has 3 aromatic rings. The molecule has 0 bridgehead atoms. The molecule has 1 aliphatic rings. The SMILES string of the molecule is CC(=O)N1CCc2cc(C(=O)N[C@H](c3ccc(Cl)c(F)c3)c3nn[nH]n3)ccc21. The second kappa shape index (κ2) is 7.59. The summed E-state index contributed by atoms with van der Waals surface area (Å²) >= 11 is 5.76. The van der Waals surface area contributed by atoms with Crippen LogP contribution in [0.5, 0.6) is 0 Å². The predicted octanol–water partition coefficient (Wildman–Crippen LogP) is 2.42. The van der Waals surface area contributed by atoms with Crippen LogP contribution >= 0.6 is 11.6 Å². The maximum absolute atomic E-state index is 14.0. The number of nitrogens with zero attached hydrogens (tertiary/aromatic N) is 4. The van der Waals surface area contributed by atoms with E-state index in [-0.39, 0.29) is 22.7 Å². The zero-order chi connectivity index (χ0) is 20.5. The predicted molar refractivity (Wildman–Crippen MR) is 103 cm³/mol. The normalized spacial score (nSPS) is 13.8. The number of fused-ring (bicyclic) bond motifs is 1. The van der Waals surface area contributed by atoms with Crippen LogP contribution < -0.4 is 10.2 Å². The van der Waals surface area contributed by atoms with Gasteiger partial charge in [0.25, 0.3) is 5.91 Å². The first-order valence-electron chi connectivity index (χ1n) is 8.84. The molecule has 4 rings (SSSR count). The molecule has 2 amide bonds. The molecule has 1 atom stereocenters. The second-order valence-corrected chi connectivity index (χ2v) is 7.02. The number of carbonyl (C=O) groups excluding carboxylic acids is 2. The number of aromatic nitrogens is 4. The summed E-state index contributed by atoms with van der Waals surface area (Å²) in [4.78, 5) is 26.3. The molecule has 1 aromatic heterocycles. The number of carbonyl (C=O) groups is 2. The van der Waals surface area contributed by atoms with E-state index in [2.05, 4.69) is 25.9 Å². The molecule has 29 heavy (non-hydrogen) atoms. The van der Waals surface area contributed by atoms with Crippen molar-refractivity contribution in [3.63, 3.8) is 0 Å². The zero-order valence-electron chi connectivity index (χ0n) is 15.3. The third kappa shape index (κ3) is 3.68. The molecule has 0 unspecified atom stereocenters. The highest BCUT2D eigenvalue weighted by atomic mass is 35.5. The van der Waals surface area contributed by atoms with Crippen molar-refractivity contribution in [1.29, 1.82) is 0 Å². The Morgan fingerprint density at radius 1 is 1.28 bits per heavy atom. The number of benzene rings is 2. The topological polar surface area (TPSA) is 104 Å². The van der Waals surface area contributed by atoms with E-state index in [9.17, 15) is 14.0 Å². The van der Waals surface area contributed by atoms with E-state index in [1.165, 1.54) is 19.1 Å². The summed E-state index contributed by atoms with van der Waals surface area (Å²) in [5.41, 5.74) is 2.56. The van der Waals surface area contributed by atoms with Crippen LogP contribution in [0.15, 0.2) is 36.4 Å². The van der Waals surface area contributed by atoms with Gasteiger partial charge in [-0.25, -0.2) is 4.39 Å². The molecular formula is C19H16ClFN6O2. The fourth-order valence-corrected chi connectivity index (χ4v) is 3.48. The van der Waals surface area contributed by atoms with Gasteiger partial charge in [-0.15, -0.1) is 10.2 Å². The van der Waals surface area contributed by atoms with Gasteiger partial charge in [-0.05, 0) is 47.9 Å². The molecular weight excluding hydrogens is 399 g/mol. The number of anilines is 1. The first-order valence-corrected chi connectivity index (χ1v) is 9.22. The molecule has 10 heteroatoms.